The fourth-order valence-corrected chi connectivity index (χ4v) is 4.56. The first kappa shape index (κ1) is 20.0. The van der Waals surface area contributed by atoms with E-state index in [1.807, 2.05) is 0 Å². The average Bonchev–Trinajstić information content (AvgIpc) is 2.48. The van der Waals surface area contributed by atoms with Crippen LogP contribution in [-0.2, 0) is 25.8 Å². The van der Waals surface area contributed by atoms with E-state index in [4.69, 9.17) is 23.2 Å². The van der Waals surface area contributed by atoms with Gasteiger partial charge >= 0.3 is 0 Å². The molecule has 0 saturated heterocycles. The molecule has 10 heteroatoms. The van der Waals surface area contributed by atoms with Crippen molar-refractivity contribution in [1.29, 1.82) is 0 Å². The summed E-state index contributed by atoms with van der Waals surface area (Å²) in [5.41, 5.74) is 0.486. The van der Waals surface area contributed by atoms with Crippen molar-refractivity contribution in [3.63, 3.8) is 0 Å². The number of benzene rings is 2. The Bertz CT molecular complexity index is 990. The number of halogens is 2. The van der Waals surface area contributed by atoms with Crippen LogP contribution in [0.3, 0.4) is 0 Å². The van der Waals surface area contributed by atoms with Crippen molar-refractivity contribution < 1.29 is 16.8 Å². The normalized spacial score (nSPS) is 12.4. The molecule has 0 spiro atoms. The minimum absolute atomic E-state index is 0.00776. The Kier molecular flexibility index (Phi) is 6.01. The van der Waals surface area contributed by atoms with Crippen LogP contribution in [0.25, 0.3) is 0 Å². The molecule has 0 heterocycles. The third-order valence-electron chi connectivity index (χ3n) is 3.23. The van der Waals surface area contributed by atoms with Crippen molar-refractivity contribution >= 4 is 48.9 Å². The van der Waals surface area contributed by atoms with E-state index in [9.17, 15) is 16.8 Å². The van der Waals surface area contributed by atoms with Crippen LogP contribution >= 0.6 is 23.2 Å². The number of rotatable bonds is 6. The molecule has 0 atom stereocenters. The van der Waals surface area contributed by atoms with Crippen LogP contribution in [0.1, 0.15) is 5.56 Å². The fourth-order valence-electron chi connectivity index (χ4n) is 2.00. The van der Waals surface area contributed by atoms with Crippen LogP contribution in [0, 0.1) is 0 Å². The molecule has 25 heavy (non-hydrogen) atoms. The molecular formula is C15H16Cl2N2O4S2. The van der Waals surface area contributed by atoms with Gasteiger partial charge in [0.2, 0.25) is 20.0 Å². The van der Waals surface area contributed by atoms with E-state index in [1.54, 1.807) is 18.2 Å². The van der Waals surface area contributed by atoms with Crippen molar-refractivity contribution in [2.75, 3.05) is 18.8 Å². The first-order chi connectivity index (χ1) is 11.5. The van der Waals surface area contributed by atoms with Crippen molar-refractivity contribution in [1.82, 2.24) is 4.31 Å². The largest absolute Gasteiger partial charge is 0.282 e. The number of nitrogens with one attached hydrogen (secondary N) is 1. The predicted octanol–water partition coefficient (Wildman–Crippen LogP) is 3.19. The van der Waals surface area contributed by atoms with E-state index >= 15 is 0 Å². The smallest absolute Gasteiger partial charge is 0.242 e. The molecule has 2 aromatic carbocycles. The van der Waals surface area contributed by atoms with Crippen molar-refractivity contribution in [2.45, 2.75) is 10.6 Å². The minimum atomic E-state index is -3.81. The number of hydrogen-bond donors (Lipinski definition) is 1. The molecule has 0 aliphatic carbocycles. The second-order valence-corrected chi connectivity index (χ2v) is 10.1. The third kappa shape index (κ3) is 5.08. The third-order valence-corrected chi connectivity index (χ3v) is 6.85. The lowest BCUT2D eigenvalue weighted by molar-refractivity contribution is 0.521. The van der Waals surface area contributed by atoms with Crippen molar-refractivity contribution in [3.05, 3.63) is 58.1 Å². The lowest BCUT2D eigenvalue weighted by atomic mass is 10.2. The molecule has 6 nitrogen and oxygen atoms in total. The Morgan fingerprint density at radius 1 is 1.00 bits per heavy atom. The number of nitrogens with zero attached hydrogens (tertiary/aromatic N) is 1. The van der Waals surface area contributed by atoms with E-state index < -0.39 is 20.0 Å². The maximum atomic E-state index is 12.4. The molecule has 0 saturated carbocycles. The highest BCUT2D eigenvalue weighted by molar-refractivity contribution is 7.92. The zero-order valence-corrected chi connectivity index (χ0v) is 16.5. The maximum absolute atomic E-state index is 12.4. The zero-order valence-electron chi connectivity index (χ0n) is 13.4. The monoisotopic (exact) mass is 422 g/mol. The summed E-state index contributed by atoms with van der Waals surface area (Å²) in [5, 5.41) is 0.511. The molecule has 1 N–H and O–H groups in total. The summed E-state index contributed by atoms with van der Waals surface area (Å²) >= 11 is 11.9. The van der Waals surface area contributed by atoms with E-state index in [2.05, 4.69) is 4.72 Å². The molecule has 2 rings (SSSR count). The second kappa shape index (κ2) is 7.51. The molecule has 0 aromatic heterocycles. The molecule has 0 fully saturated rings. The molecule has 0 amide bonds. The topological polar surface area (TPSA) is 83.6 Å². The Labute approximate surface area is 157 Å². The van der Waals surface area contributed by atoms with Crippen LogP contribution in [0.15, 0.2) is 47.4 Å². The van der Waals surface area contributed by atoms with Crippen LogP contribution in [0.2, 0.25) is 10.0 Å². The second-order valence-electron chi connectivity index (χ2n) is 5.42. The van der Waals surface area contributed by atoms with E-state index in [0.717, 1.165) is 4.31 Å². The minimum Gasteiger partial charge on any atom is -0.282 e. The zero-order chi connectivity index (χ0) is 18.8. The van der Waals surface area contributed by atoms with Gasteiger partial charge in [0.15, 0.2) is 0 Å². The first-order valence-electron chi connectivity index (χ1n) is 6.98. The fraction of sp³-hybridized carbons (Fsp3) is 0.200. The van der Waals surface area contributed by atoms with E-state index in [-0.39, 0.29) is 21.4 Å². The standard InChI is InChI=1S/C15H16Cl2N2O4S2/c1-19(2)25(22,23)13-6-7-14(17)15(9-13)18-24(20,21)10-11-4-3-5-12(16)8-11/h3-9,18H,10H2,1-2H3. The SMILES string of the molecule is CN(C)S(=O)(=O)c1ccc(Cl)c(NS(=O)(=O)Cc2cccc(Cl)c2)c1. The molecule has 0 radical (unpaired) electrons. The number of anilines is 1. The van der Waals surface area contributed by atoms with Gasteiger partial charge in [-0.15, -0.1) is 0 Å². The number of hydrogen-bond acceptors (Lipinski definition) is 4. The van der Waals surface area contributed by atoms with Crippen molar-refractivity contribution in [2.24, 2.45) is 0 Å². The van der Waals surface area contributed by atoms with Gasteiger partial charge < -0.3 is 0 Å². The summed E-state index contributed by atoms with van der Waals surface area (Å²) in [4.78, 5) is -0.0673. The van der Waals surface area contributed by atoms with Gasteiger partial charge in [-0.05, 0) is 35.9 Å². The summed E-state index contributed by atoms with van der Waals surface area (Å²) in [7, 11) is -4.76. The first-order valence-corrected chi connectivity index (χ1v) is 10.8. The highest BCUT2D eigenvalue weighted by Gasteiger charge is 2.20. The lowest BCUT2D eigenvalue weighted by Crippen LogP contribution is -2.22. The van der Waals surface area contributed by atoms with Gasteiger partial charge in [-0.2, -0.15) is 0 Å². The molecule has 2 aromatic rings. The van der Waals surface area contributed by atoms with Crippen LogP contribution in [0.5, 0.6) is 0 Å². The van der Waals surface area contributed by atoms with Gasteiger partial charge in [0.1, 0.15) is 0 Å². The Hall–Kier alpha value is -1.32. The van der Waals surface area contributed by atoms with Gasteiger partial charge in [-0.3, -0.25) is 4.72 Å². The molecule has 0 aliphatic heterocycles. The summed E-state index contributed by atoms with van der Waals surface area (Å²) in [6.45, 7) is 0. The van der Waals surface area contributed by atoms with Gasteiger partial charge in [-0.25, -0.2) is 21.1 Å². The summed E-state index contributed by atoms with van der Waals surface area (Å²) in [5.74, 6) is -0.325. The average molecular weight is 423 g/mol. The summed E-state index contributed by atoms with van der Waals surface area (Å²) in [6.07, 6.45) is 0. The highest BCUT2D eigenvalue weighted by atomic mass is 35.5. The highest BCUT2D eigenvalue weighted by Crippen LogP contribution is 2.28. The Morgan fingerprint density at radius 2 is 1.68 bits per heavy atom. The van der Waals surface area contributed by atoms with Gasteiger partial charge in [0.05, 0.1) is 21.4 Å². The Balaban J connectivity index is 2.33. The maximum Gasteiger partial charge on any atom is 0.242 e. The van der Waals surface area contributed by atoms with Gasteiger partial charge in [0.25, 0.3) is 0 Å². The molecule has 0 unspecified atom stereocenters. The van der Waals surface area contributed by atoms with Crippen molar-refractivity contribution in [3.8, 4) is 0 Å². The lowest BCUT2D eigenvalue weighted by Gasteiger charge is -2.14. The molecule has 136 valence electrons. The van der Waals surface area contributed by atoms with Crippen LogP contribution in [-0.4, -0.2) is 35.2 Å². The van der Waals surface area contributed by atoms with Gasteiger partial charge in [0, 0.05) is 19.1 Å². The van der Waals surface area contributed by atoms with Gasteiger partial charge in [-0.1, -0.05) is 35.3 Å². The van der Waals surface area contributed by atoms with Crippen LogP contribution in [0.4, 0.5) is 5.69 Å². The quantitative estimate of drug-likeness (QED) is 0.774. The molecular weight excluding hydrogens is 407 g/mol. The molecule has 0 bridgehead atoms. The Morgan fingerprint density at radius 3 is 2.28 bits per heavy atom. The summed E-state index contributed by atoms with van der Waals surface area (Å²) in [6, 6.07) is 10.3. The van der Waals surface area contributed by atoms with Crippen LogP contribution < -0.4 is 4.72 Å². The summed E-state index contributed by atoms with van der Waals surface area (Å²) < 4.78 is 52.4. The van der Waals surface area contributed by atoms with E-state index in [0.29, 0.717) is 10.6 Å². The van der Waals surface area contributed by atoms with E-state index in [1.165, 1.54) is 38.4 Å². The molecule has 0 aliphatic rings. The number of sulfonamides is 2. The predicted molar refractivity (Wildman–Crippen MR) is 100 cm³/mol.